The van der Waals surface area contributed by atoms with E-state index < -0.39 is 0 Å². The Balaban J connectivity index is 2.54. The lowest BCUT2D eigenvalue weighted by atomic mass is 9.82. The smallest absolute Gasteiger partial charge is 0.263 e. The number of hydrogen-bond acceptors (Lipinski definition) is 4. The van der Waals surface area contributed by atoms with Gasteiger partial charge in [0, 0.05) is 24.9 Å². The second-order valence-electron chi connectivity index (χ2n) is 7.78. The van der Waals surface area contributed by atoms with Gasteiger partial charge in [-0.25, -0.2) is 0 Å². The summed E-state index contributed by atoms with van der Waals surface area (Å²) < 4.78 is 5.45. The fourth-order valence-electron chi connectivity index (χ4n) is 2.90. The van der Waals surface area contributed by atoms with Crippen molar-refractivity contribution in [3.05, 3.63) is 11.8 Å². The Hall–Kier alpha value is -1.54. The molecule has 5 nitrogen and oxygen atoms in total. The number of hydrogen-bond donors (Lipinski definition) is 2. The van der Waals surface area contributed by atoms with Crippen molar-refractivity contribution in [1.29, 1.82) is 5.26 Å². The van der Waals surface area contributed by atoms with Crippen LogP contribution in [0.4, 0.5) is 0 Å². The number of rotatable bonds is 6. The number of nitrogens with zero attached hydrogens (tertiary/aromatic N) is 1. The maximum Gasteiger partial charge on any atom is 0.263 e. The highest BCUT2D eigenvalue weighted by molar-refractivity contribution is 5.97. The first kappa shape index (κ1) is 18.5. The first-order valence-corrected chi connectivity index (χ1v) is 7.91. The highest BCUT2D eigenvalue weighted by Crippen LogP contribution is 2.26. The van der Waals surface area contributed by atoms with Gasteiger partial charge in [0.2, 0.25) is 0 Å². The summed E-state index contributed by atoms with van der Waals surface area (Å²) in [7, 11) is 0. The van der Waals surface area contributed by atoms with Crippen LogP contribution in [-0.2, 0) is 9.53 Å². The molecule has 0 radical (unpaired) electrons. The topological polar surface area (TPSA) is 74.2 Å². The average molecular weight is 307 g/mol. The highest BCUT2D eigenvalue weighted by Gasteiger charge is 2.25. The molecule has 1 unspecified atom stereocenters. The Bertz CT molecular complexity index is 450. The van der Waals surface area contributed by atoms with E-state index in [-0.39, 0.29) is 28.5 Å². The lowest BCUT2D eigenvalue weighted by molar-refractivity contribution is -0.117. The summed E-state index contributed by atoms with van der Waals surface area (Å²) in [5.74, 6) is -0.350. The largest absolute Gasteiger partial charge is 0.385 e. The van der Waals surface area contributed by atoms with Crippen LogP contribution in [0.25, 0.3) is 0 Å². The van der Waals surface area contributed by atoms with Crippen molar-refractivity contribution in [2.45, 2.75) is 65.5 Å². The minimum atomic E-state index is -0.350. The predicted molar refractivity (Wildman–Crippen MR) is 87.0 cm³/mol. The number of carbonyl (C=O) groups excluding carboxylic acids is 1. The van der Waals surface area contributed by atoms with Crippen LogP contribution in [0.15, 0.2) is 11.8 Å². The molecular weight excluding hydrogens is 278 g/mol. The van der Waals surface area contributed by atoms with Gasteiger partial charge in [-0.15, -0.1) is 0 Å². The standard InChI is InChI=1S/C17H29N3O2/c1-16(2,3)12-17(4,5)20-10-13(9-18)15(21)19-11-14-7-6-8-22-14/h10,14,20H,6-8,11-12H2,1-5H3,(H,19,21)/b13-10-. The summed E-state index contributed by atoms with van der Waals surface area (Å²) in [6, 6.07) is 1.96. The molecule has 1 atom stereocenters. The lowest BCUT2D eigenvalue weighted by Gasteiger charge is -2.33. The minimum absolute atomic E-state index is 0.0779. The molecule has 1 amide bonds. The third kappa shape index (κ3) is 6.95. The summed E-state index contributed by atoms with van der Waals surface area (Å²) in [4.78, 5) is 12.0. The van der Waals surface area contributed by atoms with E-state index >= 15 is 0 Å². The number of nitrogens with one attached hydrogen (secondary N) is 2. The third-order valence-electron chi connectivity index (χ3n) is 3.46. The van der Waals surface area contributed by atoms with Gasteiger partial charge in [-0.1, -0.05) is 20.8 Å². The van der Waals surface area contributed by atoms with Crippen molar-refractivity contribution >= 4 is 5.91 Å². The van der Waals surface area contributed by atoms with Gasteiger partial charge in [0.1, 0.15) is 11.6 Å². The van der Waals surface area contributed by atoms with Crippen LogP contribution < -0.4 is 10.6 Å². The van der Waals surface area contributed by atoms with E-state index in [1.807, 2.05) is 6.07 Å². The Morgan fingerprint density at radius 2 is 2.05 bits per heavy atom. The molecule has 0 aromatic carbocycles. The summed E-state index contributed by atoms with van der Waals surface area (Å²) in [5, 5.41) is 15.1. The van der Waals surface area contributed by atoms with E-state index in [4.69, 9.17) is 10.00 Å². The van der Waals surface area contributed by atoms with Crippen LogP contribution in [0.3, 0.4) is 0 Å². The zero-order chi connectivity index (χ0) is 16.8. The van der Waals surface area contributed by atoms with E-state index in [1.54, 1.807) is 0 Å². The fraction of sp³-hybridized carbons (Fsp3) is 0.765. The second kappa shape index (κ2) is 7.64. The molecule has 1 aliphatic heterocycles. The van der Waals surface area contributed by atoms with E-state index in [1.165, 1.54) is 6.20 Å². The van der Waals surface area contributed by atoms with E-state index in [0.29, 0.717) is 6.54 Å². The molecule has 1 aliphatic rings. The summed E-state index contributed by atoms with van der Waals surface area (Å²) in [6.07, 6.45) is 4.52. The summed E-state index contributed by atoms with van der Waals surface area (Å²) >= 11 is 0. The van der Waals surface area contributed by atoms with Crippen LogP contribution in [0.2, 0.25) is 0 Å². The molecule has 0 aliphatic carbocycles. The molecule has 0 aromatic heterocycles. The van der Waals surface area contributed by atoms with Gasteiger partial charge in [0.25, 0.3) is 5.91 Å². The molecule has 0 bridgehead atoms. The van der Waals surface area contributed by atoms with Crippen molar-refractivity contribution in [2.24, 2.45) is 5.41 Å². The Morgan fingerprint density at radius 1 is 1.36 bits per heavy atom. The summed E-state index contributed by atoms with van der Waals surface area (Å²) in [6.45, 7) is 11.8. The zero-order valence-corrected chi connectivity index (χ0v) is 14.5. The second-order valence-corrected chi connectivity index (χ2v) is 7.78. The number of ether oxygens (including phenoxy) is 1. The molecule has 1 saturated heterocycles. The first-order valence-electron chi connectivity index (χ1n) is 7.91. The van der Waals surface area contributed by atoms with Gasteiger partial charge in [-0.3, -0.25) is 4.79 Å². The number of carbonyl (C=O) groups is 1. The van der Waals surface area contributed by atoms with E-state index in [0.717, 1.165) is 25.9 Å². The van der Waals surface area contributed by atoms with Gasteiger partial charge in [-0.2, -0.15) is 5.26 Å². The molecule has 0 spiro atoms. The Morgan fingerprint density at radius 3 is 2.55 bits per heavy atom. The van der Waals surface area contributed by atoms with Gasteiger partial charge in [0.15, 0.2) is 0 Å². The molecule has 0 aromatic rings. The molecule has 0 saturated carbocycles. The lowest BCUT2D eigenvalue weighted by Crippen LogP contribution is -2.40. The monoisotopic (exact) mass is 307 g/mol. The average Bonchev–Trinajstić information content (AvgIpc) is 2.87. The number of nitriles is 1. The fourth-order valence-corrected chi connectivity index (χ4v) is 2.90. The van der Waals surface area contributed by atoms with E-state index in [2.05, 4.69) is 45.3 Å². The van der Waals surface area contributed by atoms with Crippen molar-refractivity contribution < 1.29 is 9.53 Å². The SMILES string of the molecule is CC(C)(C)CC(C)(C)N/C=C(/C#N)C(=O)NCC1CCCO1. The minimum Gasteiger partial charge on any atom is -0.385 e. The maximum atomic E-state index is 12.0. The first-order chi connectivity index (χ1) is 10.1. The van der Waals surface area contributed by atoms with Crippen molar-refractivity contribution in [3.8, 4) is 6.07 Å². The van der Waals surface area contributed by atoms with Crippen molar-refractivity contribution in [3.63, 3.8) is 0 Å². The van der Waals surface area contributed by atoms with Gasteiger partial charge in [-0.05, 0) is 38.5 Å². The van der Waals surface area contributed by atoms with Crippen LogP contribution in [0.1, 0.15) is 53.9 Å². The van der Waals surface area contributed by atoms with Gasteiger partial charge >= 0.3 is 0 Å². The molecular formula is C17H29N3O2. The van der Waals surface area contributed by atoms with E-state index in [9.17, 15) is 4.79 Å². The molecule has 22 heavy (non-hydrogen) atoms. The number of amides is 1. The van der Waals surface area contributed by atoms with Crippen molar-refractivity contribution in [2.75, 3.05) is 13.2 Å². The van der Waals surface area contributed by atoms with Crippen molar-refractivity contribution in [1.82, 2.24) is 10.6 Å². The van der Waals surface area contributed by atoms with Gasteiger partial charge in [0.05, 0.1) is 6.10 Å². The summed E-state index contributed by atoms with van der Waals surface area (Å²) in [5.41, 5.74) is 0.0778. The highest BCUT2D eigenvalue weighted by atomic mass is 16.5. The van der Waals surface area contributed by atoms with Crippen LogP contribution >= 0.6 is 0 Å². The molecule has 1 heterocycles. The van der Waals surface area contributed by atoms with Crippen LogP contribution in [-0.4, -0.2) is 30.7 Å². The van der Waals surface area contributed by atoms with Gasteiger partial charge < -0.3 is 15.4 Å². The quantitative estimate of drug-likeness (QED) is 0.584. The van der Waals surface area contributed by atoms with Crippen LogP contribution in [0, 0.1) is 16.7 Å². The Labute approximate surface area is 134 Å². The zero-order valence-electron chi connectivity index (χ0n) is 14.5. The molecule has 124 valence electrons. The predicted octanol–water partition coefficient (Wildman–Crippen LogP) is 2.49. The Kier molecular flexibility index (Phi) is 6.43. The molecule has 5 heteroatoms. The normalized spacial score (nSPS) is 19.6. The maximum absolute atomic E-state index is 12.0. The molecule has 1 fully saturated rings. The molecule has 2 N–H and O–H groups in total. The molecule has 1 rings (SSSR count). The van der Waals surface area contributed by atoms with Crippen LogP contribution in [0.5, 0.6) is 0 Å². The third-order valence-corrected chi connectivity index (χ3v) is 3.46.